The summed E-state index contributed by atoms with van der Waals surface area (Å²) in [6.07, 6.45) is -3.46. The lowest BCUT2D eigenvalue weighted by molar-refractivity contribution is -0.137. The lowest BCUT2D eigenvalue weighted by Gasteiger charge is -2.28. The molecule has 0 bridgehead atoms. The monoisotopic (exact) mass is 383 g/mol. The molecule has 1 aliphatic heterocycles. The summed E-state index contributed by atoms with van der Waals surface area (Å²) in [5, 5.41) is 3.41. The highest BCUT2D eigenvalue weighted by Gasteiger charge is 2.30. The Hall–Kier alpha value is -2.79. The van der Waals surface area contributed by atoms with Crippen LogP contribution in [0.25, 0.3) is 0 Å². The van der Waals surface area contributed by atoms with Crippen LogP contribution in [0.2, 0.25) is 0 Å². The van der Waals surface area contributed by atoms with Crippen LogP contribution < -0.4 is 10.1 Å². The molecular weight excluding hydrogens is 363 g/mol. The molecule has 0 fully saturated rings. The summed E-state index contributed by atoms with van der Waals surface area (Å²) < 4.78 is 44.3. The molecule has 0 spiro atoms. The minimum Gasteiger partial charge on any atom is -0.489 e. The lowest BCUT2D eigenvalue weighted by atomic mass is 9.89. The van der Waals surface area contributed by atoms with Gasteiger partial charge in [0, 0.05) is 6.54 Å². The molecule has 144 valence electrons. The number of ether oxygens (including phenoxy) is 1. The van der Waals surface area contributed by atoms with Gasteiger partial charge >= 0.3 is 6.18 Å². The molecule has 2 nitrogen and oxygen atoms in total. The van der Waals surface area contributed by atoms with Crippen LogP contribution >= 0.6 is 0 Å². The molecule has 3 aromatic rings. The maximum Gasteiger partial charge on any atom is 0.416 e. The minimum atomic E-state index is -4.32. The first-order chi connectivity index (χ1) is 13.5. The molecule has 1 aliphatic rings. The van der Waals surface area contributed by atoms with Crippen molar-refractivity contribution in [1.82, 2.24) is 5.32 Å². The van der Waals surface area contributed by atoms with Crippen molar-refractivity contribution < 1.29 is 17.9 Å². The molecule has 3 aromatic carbocycles. The highest BCUT2D eigenvalue weighted by atomic mass is 19.4. The second kappa shape index (κ2) is 7.68. The number of rotatable bonds is 4. The third-order valence-electron chi connectivity index (χ3n) is 4.99. The number of benzene rings is 3. The van der Waals surface area contributed by atoms with Gasteiger partial charge in [-0.3, -0.25) is 0 Å². The van der Waals surface area contributed by atoms with E-state index in [1.807, 2.05) is 48.5 Å². The van der Waals surface area contributed by atoms with E-state index in [1.165, 1.54) is 0 Å². The molecule has 28 heavy (non-hydrogen) atoms. The van der Waals surface area contributed by atoms with Crippen molar-refractivity contribution in [3.8, 4) is 5.75 Å². The molecule has 0 amide bonds. The number of fused-ring (bicyclic) bond motifs is 1. The summed E-state index contributed by atoms with van der Waals surface area (Å²) >= 11 is 0. The van der Waals surface area contributed by atoms with Crippen LogP contribution in [0.4, 0.5) is 13.2 Å². The summed E-state index contributed by atoms with van der Waals surface area (Å²) in [6, 6.07) is 21.2. The van der Waals surface area contributed by atoms with Crippen LogP contribution in [-0.2, 0) is 19.2 Å². The molecule has 1 heterocycles. The van der Waals surface area contributed by atoms with Crippen molar-refractivity contribution >= 4 is 0 Å². The Morgan fingerprint density at radius 2 is 1.68 bits per heavy atom. The van der Waals surface area contributed by atoms with E-state index < -0.39 is 11.7 Å². The normalized spacial score (nSPS) is 16.5. The average molecular weight is 383 g/mol. The molecule has 1 N–H and O–H groups in total. The van der Waals surface area contributed by atoms with Crippen molar-refractivity contribution in [2.24, 2.45) is 0 Å². The fraction of sp³-hybridized carbons (Fsp3) is 0.217. The van der Waals surface area contributed by atoms with E-state index in [2.05, 4.69) is 5.32 Å². The van der Waals surface area contributed by atoms with E-state index >= 15 is 0 Å². The van der Waals surface area contributed by atoms with Gasteiger partial charge in [-0.2, -0.15) is 13.2 Å². The van der Waals surface area contributed by atoms with Gasteiger partial charge < -0.3 is 10.1 Å². The van der Waals surface area contributed by atoms with Gasteiger partial charge in [-0.25, -0.2) is 0 Å². The first-order valence-corrected chi connectivity index (χ1v) is 9.21. The molecule has 0 aromatic heterocycles. The van der Waals surface area contributed by atoms with E-state index in [1.54, 1.807) is 12.1 Å². The van der Waals surface area contributed by atoms with E-state index in [-0.39, 0.29) is 6.04 Å². The Labute approximate surface area is 162 Å². The third-order valence-corrected chi connectivity index (χ3v) is 4.99. The van der Waals surface area contributed by atoms with Crippen LogP contribution in [0.15, 0.2) is 72.8 Å². The van der Waals surface area contributed by atoms with Gasteiger partial charge in [0.1, 0.15) is 12.4 Å². The standard InChI is InChI=1S/C23H20F3NO/c24-23(25,26)19-8-6-17(7-9-19)22-21-11-10-20(14-18(21)12-13-27-22)28-15-16-4-2-1-3-5-16/h1-11,14,22,27H,12-13,15H2. The van der Waals surface area contributed by atoms with Gasteiger partial charge in [-0.05, 0) is 52.9 Å². The number of hydrogen-bond acceptors (Lipinski definition) is 2. The lowest BCUT2D eigenvalue weighted by Crippen LogP contribution is -2.30. The fourth-order valence-electron chi connectivity index (χ4n) is 3.53. The zero-order chi connectivity index (χ0) is 19.6. The van der Waals surface area contributed by atoms with Crippen molar-refractivity contribution in [3.63, 3.8) is 0 Å². The molecule has 0 saturated heterocycles. The van der Waals surface area contributed by atoms with Crippen molar-refractivity contribution in [2.75, 3.05) is 6.54 Å². The van der Waals surface area contributed by atoms with E-state index in [4.69, 9.17) is 4.74 Å². The van der Waals surface area contributed by atoms with Crippen LogP contribution in [0.5, 0.6) is 5.75 Å². The summed E-state index contributed by atoms with van der Waals surface area (Å²) in [6.45, 7) is 1.26. The minimum absolute atomic E-state index is 0.116. The predicted octanol–water partition coefficient (Wildman–Crippen LogP) is 5.52. The summed E-state index contributed by atoms with van der Waals surface area (Å²) in [5.74, 6) is 0.802. The van der Waals surface area contributed by atoms with Crippen molar-refractivity contribution in [2.45, 2.75) is 25.2 Å². The maximum atomic E-state index is 12.8. The summed E-state index contributed by atoms with van der Waals surface area (Å²) in [4.78, 5) is 0. The summed E-state index contributed by atoms with van der Waals surface area (Å²) in [7, 11) is 0. The molecular formula is C23H20F3NO. The second-order valence-electron chi connectivity index (χ2n) is 6.89. The Balaban J connectivity index is 1.53. The highest BCUT2D eigenvalue weighted by Crippen LogP contribution is 2.34. The van der Waals surface area contributed by atoms with Crippen LogP contribution in [0, 0.1) is 0 Å². The summed E-state index contributed by atoms with van der Waals surface area (Å²) in [5.41, 5.74) is 3.54. The molecule has 1 unspecified atom stereocenters. The van der Waals surface area contributed by atoms with Crippen molar-refractivity contribution in [3.05, 3.63) is 101 Å². The van der Waals surface area contributed by atoms with E-state index in [0.29, 0.717) is 6.61 Å². The van der Waals surface area contributed by atoms with Crippen LogP contribution in [0.3, 0.4) is 0 Å². The fourth-order valence-corrected chi connectivity index (χ4v) is 3.53. The predicted molar refractivity (Wildman–Crippen MR) is 102 cm³/mol. The average Bonchev–Trinajstić information content (AvgIpc) is 2.72. The molecule has 0 aliphatic carbocycles. The first kappa shape index (κ1) is 18.6. The molecule has 1 atom stereocenters. The number of nitrogens with one attached hydrogen (secondary N) is 1. The van der Waals surface area contributed by atoms with E-state index in [9.17, 15) is 13.2 Å². The zero-order valence-electron chi connectivity index (χ0n) is 15.2. The first-order valence-electron chi connectivity index (χ1n) is 9.21. The van der Waals surface area contributed by atoms with Crippen LogP contribution in [-0.4, -0.2) is 6.54 Å². The van der Waals surface area contributed by atoms with Gasteiger partial charge in [0.05, 0.1) is 11.6 Å². The smallest absolute Gasteiger partial charge is 0.416 e. The Morgan fingerprint density at radius 3 is 2.39 bits per heavy atom. The van der Waals surface area contributed by atoms with Crippen molar-refractivity contribution in [1.29, 1.82) is 0 Å². The SMILES string of the molecule is FC(F)(F)c1ccc(C2NCCc3cc(OCc4ccccc4)ccc32)cc1. The molecule has 5 heteroatoms. The van der Waals surface area contributed by atoms with Gasteiger partial charge in [-0.15, -0.1) is 0 Å². The highest BCUT2D eigenvalue weighted by molar-refractivity contribution is 5.44. The molecule has 4 rings (SSSR count). The second-order valence-corrected chi connectivity index (χ2v) is 6.89. The van der Waals surface area contributed by atoms with Gasteiger partial charge in [0.2, 0.25) is 0 Å². The van der Waals surface area contributed by atoms with Gasteiger partial charge in [0.15, 0.2) is 0 Å². The quantitative estimate of drug-likeness (QED) is 0.641. The number of halogens is 3. The zero-order valence-corrected chi connectivity index (χ0v) is 15.2. The Kier molecular flexibility index (Phi) is 5.09. The Morgan fingerprint density at radius 1 is 0.929 bits per heavy atom. The number of hydrogen-bond donors (Lipinski definition) is 1. The Bertz CT molecular complexity index is 936. The topological polar surface area (TPSA) is 21.3 Å². The molecule has 0 radical (unpaired) electrons. The van der Waals surface area contributed by atoms with Crippen LogP contribution in [0.1, 0.15) is 33.9 Å². The largest absolute Gasteiger partial charge is 0.489 e. The third kappa shape index (κ3) is 4.04. The molecule has 0 saturated carbocycles. The van der Waals surface area contributed by atoms with Gasteiger partial charge in [-0.1, -0.05) is 48.5 Å². The number of alkyl halides is 3. The van der Waals surface area contributed by atoms with E-state index in [0.717, 1.165) is 53.1 Å². The maximum absolute atomic E-state index is 12.8. The van der Waals surface area contributed by atoms with Gasteiger partial charge in [0.25, 0.3) is 0 Å².